The Morgan fingerprint density at radius 3 is 2.11 bits per heavy atom. The molecule has 0 amide bonds. The van der Waals surface area contributed by atoms with E-state index in [0.29, 0.717) is 11.8 Å². The first-order valence-electron chi connectivity index (χ1n) is 6.91. The molecule has 0 saturated heterocycles. The van der Waals surface area contributed by atoms with Crippen molar-refractivity contribution in [3.8, 4) is 5.75 Å². The lowest BCUT2D eigenvalue weighted by Crippen LogP contribution is -2.19. The fraction of sp³-hybridized carbons (Fsp3) is 0.625. The molecule has 0 spiro atoms. The van der Waals surface area contributed by atoms with Crippen LogP contribution in [-0.2, 0) is 4.74 Å². The first kappa shape index (κ1) is 15.0. The van der Waals surface area contributed by atoms with Crippen molar-refractivity contribution in [1.82, 2.24) is 0 Å². The van der Waals surface area contributed by atoms with Crippen LogP contribution in [0, 0.1) is 5.92 Å². The third-order valence-electron chi connectivity index (χ3n) is 3.03. The zero-order valence-corrected chi connectivity index (χ0v) is 12.3. The van der Waals surface area contributed by atoms with E-state index in [1.165, 1.54) is 5.56 Å². The van der Waals surface area contributed by atoms with Crippen LogP contribution in [0.4, 0.5) is 0 Å². The van der Waals surface area contributed by atoms with Crippen LogP contribution in [0.25, 0.3) is 0 Å². The van der Waals surface area contributed by atoms with Crippen molar-refractivity contribution in [3.63, 3.8) is 0 Å². The third kappa shape index (κ3) is 5.09. The molecule has 0 fully saturated rings. The summed E-state index contributed by atoms with van der Waals surface area (Å²) in [6, 6.07) is 8.32. The van der Waals surface area contributed by atoms with Gasteiger partial charge in [-0.05, 0) is 42.9 Å². The van der Waals surface area contributed by atoms with E-state index in [1.807, 2.05) is 19.1 Å². The summed E-state index contributed by atoms with van der Waals surface area (Å²) in [4.78, 5) is 0. The zero-order chi connectivity index (χ0) is 13.5. The van der Waals surface area contributed by atoms with Crippen LogP contribution >= 0.6 is 0 Å². The Labute approximate surface area is 111 Å². The Morgan fingerprint density at radius 2 is 1.61 bits per heavy atom. The van der Waals surface area contributed by atoms with Crippen LogP contribution in [0.5, 0.6) is 5.75 Å². The molecule has 2 atom stereocenters. The first-order valence-corrected chi connectivity index (χ1v) is 6.91. The topological polar surface area (TPSA) is 18.5 Å². The van der Waals surface area contributed by atoms with E-state index in [-0.39, 0.29) is 6.29 Å². The summed E-state index contributed by atoms with van der Waals surface area (Å²) in [5.41, 5.74) is 1.36. The minimum atomic E-state index is -0.193. The number of ether oxygens (including phenoxy) is 2. The van der Waals surface area contributed by atoms with Crippen molar-refractivity contribution in [2.75, 3.05) is 6.61 Å². The summed E-state index contributed by atoms with van der Waals surface area (Å²) in [5.74, 6) is 2.01. The van der Waals surface area contributed by atoms with Crippen LogP contribution in [0.1, 0.15) is 52.5 Å². The van der Waals surface area contributed by atoms with E-state index in [1.54, 1.807) is 0 Å². The summed E-state index contributed by atoms with van der Waals surface area (Å²) in [5, 5.41) is 0. The van der Waals surface area contributed by atoms with E-state index in [2.05, 4.69) is 39.8 Å². The van der Waals surface area contributed by atoms with Gasteiger partial charge in [-0.15, -0.1) is 0 Å². The molecule has 0 N–H and O–H groups in total. The highest BCUT2D eigenvalue weighted by Crippen LogP contribution is 2.22. The Bertz CT molecular complexity index is 329. The number of hydrogen-bond acceptors (Lipinski definition) is 2. The molecule has 2 nitrogen and oxygen atoms in total. The van der Waals surface area contributed by atoms with Crippen molar-refractivity contribution in [2.24, 2.45) is 5.92 Å². The van der Waals surface area contributed by atoms with E-state index in [4.69, 9.17) is 9.47 Å². The molecule has 0 aliphatic heterocycles. The minimum Gasteiger partial charge on any atom is -0.465 e. The maximum Gasteiger partial charge on any atom is 0.196 e. The molecule has 0 radical (unpaired) electrons. The normalized spacial score (nSPS) is 14.6. The van der Waals surface area contributed by atoms with E-state index in [9.17, 15) is 0 Å². The number of rotatable bonds is 7. The first-order chi connectivity index (χ1) is 8.52. The van der Waals surface area contributed by atoms with E-state index >= 15 is 0 Å². The van der Waals surface area contributed by atoms with Crippen LogP contribution < -0.4 is 4.74 Å². The van der Waals surface area contributed by atoms with Gasteiger partial charge in [-0.25, -0.2) is 0 Å². The van der Waals surface area contributed by atoms with Crippen LogP contribution in [0.15, 0.2) is 24.3 Å². The summed E-state index contributed by atoms with van der Waals surface area (Å²) in [6.07, 6.45) is 0.968. The Morgan fingerprint density at radius 1 is 1.00 bits per heavy atom. The molecule has 18 heavy (non-hydrogen) atoms. The number of hydrogen-bond donors (Lipinski definition) is 0. The van der Waals surface area contributed by atoms with Gasteiger partial charge in [-0.1, -0.05) is 39.8 Å². The van der Waals surface area contributed by atoms with Crippen molar-refractivity contribution in [2.45, 2.75) is 53.2 Å². The second-order valence-corrected chi connectivity index (χ2v) is 5.29. The molecule has 0 saturated carbocycles. The highest BCUT2D eigenvalue weighted by Gasteiger charge is 2.07. The summed E-state index contributed by atoms with van der Waals surface area (Å²) < 4.78 is 11.3. The predicted octanol–water partition coefficient (Wildman–Crippen LogP) is 4.60. The van der Waals surface area contributed by atoms with Crippen LogP contribution in [-0.4, -0.2) is 12.9 Å². The molecule has 0 heterocycles. The van der Waals surface area contributed by atoms with Crippen molar-refractivity contribution >= 4 is 0 Å². The van der Waals surface area contributed by atoms with Crippen LogP contribution in [0.3, 0.4) is 0 Å². The second-order valence-electron chi connectivity index (χ2n) is 5.29. The third-order valence-corrected chi connectivity index (χ3v) is 3.03. The SMILES string of the molecule is CC[C@@H](C)c1ccc(OC(C)OCC(C)C)cc1. The van der Waals surface area contributed by atoms with Gasteiger partial charge in [0.1, 0.15) is 5.75 Å². The highest BCUT2D eigenvalue weighted by molar-refractivity contribution is 5.29. The van der Waals surface area contributed by atoms with Gasteiger partial charge in [-0.3, -0.25) is 0 Å². The van der Waals surface area contributed by atoms with Gasteiger partial charge in [-0.2, -0.15) is 0 Å². The minimum absolute atomic E-state index is 0.193. The molecule has 0 aliphatic rings. The summed E-state index contributed by atoms with van der Waals surface area (Å²) in [7, 11) is 0. The quantitative estimate of drug-likeness (QED) is 0.658. The molecule has 0 bridgehead atoms. The average Bonchev–Trinajstić information content (AvgIpc) is 2.36. The van der Waals surface area contributed by atoms with Gasteiger partial charge < -0.3 is 9.47 Å². The van der Waals surface area contributed by atoms with Gasteiger partial charge >= 0.3 is 0 Å². The standard InChI is InChI=1S/C16H26O2/c1-6-13(4)15-7-9-16(10-8-15)18-14(5)17-11-12(2)3/h7-10,12-14H,6,11H2,1-5H3/t13-,14?/m1/s1. The van der Waals surface area contributed by atoms with E-state index in [0.717, 1.165) is 18.8 Å². The number of benzene rings is 1. The molecule has 102 valence electrons. The van der Waals surface area contributed by atoms with Gasteiger partial charge in [0.15, 0.2) is 6.29 Å². The van der Waals surface area contributed by atoms with Gasteiger partial charge in [0.05, 0.1) is 6.61 Å². The fourth-order valence-electron chi connectivity index (χ4n) is 1.66. The van der Waals surface area contributed by atoms with E-state index < -0.39 is 0 Å². The molecule has 1 aromatic rings. The molecule has 1 aromatic carbocycles. The lowest BCUT2D eigenvalue weighted by Gasteiger charge is -2.17. The monoisotopic (exact) mass is 250 g/mol. The molecule has 1 rings (SSSR count). The van der Waals surface area contributed by atoms with Crippen molar-refractivity contribution in [3.05, 3.63) is 29.8 Å². The Kier molecular flexibility index (Phi) is 6.20. The van der Waals surface area contributed by atoms with Crippen molar-refractivity contribution < 1.29 is 9.47 Å². The molecule has 2 heteroatoms. The summed E-state index contributed by atoms with van der Waals surface area (Å²) >= 11 is 0. The largest absolute Gasteiger partial charge is 0.465 e. The summed E-state index contributed by atoms with van der Waals surface area (Å²) in [6.45, 7) is 11.4. The lowest BCUT2D eigenvalue weighted by molar-refractivity contribution is -0.0755. The van der Waals surface area contributed by atoms with Gasteiger partial charge in [0, 0.05) is 0 Å². The smallest absolute Gasteiger partial charge is 0.196 e. The molecular weight excluding hydrogens is 224 g/mol. The second kappa shape index (κ2) is 7.42. The Balaban J connectivity index is 2.48. The fourth-order valence-corrected chi connectivity index (χ4v) is 1.66. The average molecular weight is 250 g/mol. The zero-order valence-electron chi connectivity index (χ0n) is 12.3. The molecule has 1 unspecified atom stereocenters. The van der Waals surface area contributed by atoms with Gasteiger partial charge in [0.25, 0.3) is 0 Å². The molecule has 0 aliphatic carbocycles. The maximum atomic E-state index is 5.71. The predicted molar refractivity (Wildman–Crippen MR) is 76.0 cm³/mol. The van der Waals surface area contributed by atoms with Crippen molar-refractivity contribution in [1.29, 1.82) is 0 Å². The molecule has 0 aromatic heterocycles. The Hall–Kier alpha value is -1.02. The van der Waals surface area contributed by atoms with Gasteiger partial charge in [0.2, 0.25) is 0 Å². The maximum absolute atomic E-state index is 5.71. The lowest BCUT2D eigenvalue weighted by atomic mass is 9.99. The molecular formula is C16H26O2. The highest BCUT2D eigenvalue weighted by atomic mass is 16.7. The van der Waals surface area contributed by atoms with Crippen LogP contribution in [0.2, 0.25) is 0 Å².